The van der Waals surface area contributed by atoms with Gasteiger partial charge >= 0.3 is 0 Å². The number of amides is 1. The van der Waals surface area contributed by atoms with E-state index in [0.29, 0.717) is 18.8 Å². The van der Waals surface area contributed by atoms with Gasteiger partial charge in [-0.3, -0.25) is 4.79 Å². The highest BCUT2D eigenvalue weighted by atomic mass is 19.1. The molecule has 110 valence electrons. The highest BCUT2D eigenvalue weighted by Crippen LogP contribution is 2.17. The summed E-state index contributed by atoms with van der Waals surface area (Å²) >= 11 is 0. The van der Waals surface area contributed by atoms with E-state index in [0.717, 1.165) is 18.1 Å². The van der Waals surface area contributed by atoms with Gasteiger partial charge in [0.25, 0.3) is 5.91 Å². The quantitative estimate of drug-likeness (QED) is 0.760. The summed E-state index contributed by atoms with van der Waals surface area (Å²) in [6, 6.07) is 12.0. The van der Waals surface area contributed by atoms with Crippen LogP contribution in [0.1, 0.15) is 21.5 Å². The molecule has 5 N–H and O–H groups in total. The minimum Gasteiger partial charge on any atom is -0.380 e. The Morgan fingerprint density at radius 3 is 2.38 bits per heavy atom. The van der Waals surface area contributed by atoms with Crippen LogP contribution in [0.4, 0.5) is 10.1 Å². The molecule has 0 aliphatic heterocycles. The summed E-state index contributed by atoms with van der Waals surface area (Å²) < 4.78 is 13.1. The zero-order valence-electron chi connectivity index (χ0n) is 11.6. The molecule has 0 saturated heterocycles. The maximum absolute atomic E-state index is 13.1. The first-order valence-corrected chi connectivity index (χ1v) is 6.71. The van der Waals surface area contributed by atoms with Gasteiger partial charge in [-0.1, -0.05) is 24.3 Å². The van der Waals surface area contributed by atoms with E-state index >= 15 is 0 Å². The van der Waals surface area contributed by atoms with Crippen molar-refractivity contribution in [1.82, 2.24) is 0 Å². The molecule has 0 fully saturated rings. The van der Waals surface area contributed by atoms with Crippen molar-refractivity contribution in [2.75, 3.05) is 11.9 Å². The summed E-state index contributed by atoms with van der Waals surface area (Å²) in [5, 5.41) is 3.10. The number of nitrogens with one attached hydrogen (secondary N) is 1. The van der Waals surface area contributed by atoms with Crippen molar-refractivity contribution in [1.29, 1.82) is 0 Å². The first-order valence-electron chi connectivity index (χ1n) is 6.71. The Morgan fingerprint density at radius 1 is 1.10 bits per heavy atom. The monoisotopic (exact) mass is 287 g/mol. The molecule has 0 unspecified atom stereocenters. The molecule has 0 radical (unpaired) electrons. The maximum atomic E-state index is 13.1. The number of carbonyl (C=O) groups excluding carboxylic acids is 1. The van der Waals surface area contributed by atoms with Gasteiger partial charge in [0.1, 0.15) is 5.82 Å². The molecule has 0 spiro atoms. The van der Waals surface area contributed by atoms with Crippen molar-refractivity contribution < 1.29 is 9.18 Å². The number of hydrogen-bond acceptors (Lipinski definition) is 3. The van der Waals surface area contributed by atoms with Gasteiger partial charge in [0.05, 0.1) is 5.56 Å². The predicted octanol–water partition coefficient (Wildman–Crippen LogP) is 2.04. The molecule has 0 heterocycles. The fraction of sp³-hybridized carbons (Fsp3) is 0.188. The van der Waals surface area contributed by atoms with Gasteiger partial charge in [-0.05, 0) is 42.3 Å². The number of anilines is 1. The summed E-state index contributed by atoms with van der Waals surface area (Å²) in [4.78, 5) is 11.3. The zero-order valence-corrected chi connectivity index (χ0v) is 11.6. The molecule has 4 nitrogen and oxygen atoms in total. The molecule has 0 atom stereocenters. The van der Waals surface area contributed by atoms with Gasteiger partial charge in [0.15, 0.2) is 0 Å². The van der Waals surface area contributed by atoms with Crippen LogP contribution in [0.2, 0.25) is 0 Å². The first-order chi connectivity index (χ1) is 10.1. The Kier molecular flexibility index (Phi) is 4.90. The minimum absolute atomic E-state index is 0.148. The molecule has 2 rings (SSSR count). The molecular weight excluding hydrogens is 269 g/mol. The van der Waals surface area contributed by atoms with Crippen LogP contribution in [-0.4, -0.2) is 12.5 Å². The maximum Gasteiger partial charge on any atom is 0.250 e. The highest BCUT2D eigenvalue weighted by Gasteiger charge is 2.09. The average Bonchev–Trinajstić information content (AvgIpc) is 2.47. The van der Waals surface area contributed by atoms with E-state index in [-0.39, 0.29) is 5.56 Å². The van der Waals surface area contributed by atoms with E-state index < -0.39 is 11.7 Å². The largest absolute Gasteiger partial charge is 0.380 e. The van der Waals surface area contributed by atoms with Crippen molar-refractivity contribution in [3.63, 3.8) is 0 Å². The number of rotatable bonds is 6. The molecule has 5 heteroatoms. The third kappa shape index (κ3) is 4.03. The van der Waals surface area contributed by atoms with Crippen LogP contribution in [-0.2, 0) is 13.0 Å². The van der Waals surface area contributed by atoms with Crippen LogP contribution in [0.15, 0.2) is 42.5 Å². The lowest BCUT2D eigenvalue weighted by Crippen LogP contribution is -2.14. The molecule has 0 saturated carbocycles. The second-order valence-corrected chi connectivity index (χ2v) is 4.76. The number of primary amides is 1. The van der Waals surface area contributed by atoms with Crippen molar-refractivity contribution in [2.45, 2.75) is 13.0 Å². The van der Waals surface area contributed by atoms with E-state index in [1.807, 2.05) is 24.3 Å². The van der Waals surface area contributed by atoms with Crippen molar-refractivity contribution in [2.24, 2.45) is 11.5 Å². The summed E-state index contributed by atoms with van der Waals surface area (Å²) in [5.74, 6) is -1.14. The summed E-state index contributed by atoms with van der Waals surface area (Å²) in [5.41, 5.74) is 13.7. The van der Waals surface area contributed by atoms with Gasteiger partial charge in [-0.2, -0.15) is 0 Å². The number of benzene rings is 2. The molecular formula is C16H18FN3O. The number of carbonyl (C=O) groups is 1. The number of hydrogen-bond donors (Lipinski definition) is 3. The summed E-state index contributed by atoms with van der Waals surface area (Å²) in [7, 11) is 0. The van der Waals surface area contributed by atoms with E-state index in [4.69, 9.17) is 11.5 Å². The Morgan fingerprint density at radius 2 is 1.76 bits per heavy atom. The second kappa shape index (κ2) is 6.85. The van der Waals surface area contributed by atoms with Gasteiger partial charge in [-0.15, -0.1) is 0 Å². The standard InChI is InChI=1S/C16H18FN3O/c17-13-5-6-15(14(9-13)16(19)21)20-10-12-3-1-11(2-4-12)7-8-18/h1-6,9,20H,7-8,10,18H2,(H2,19,21). The SMILES string of the molecule is NCCc1ccc(CNc2ccc(F)cc2C(N)=O)cc1. The third-order valence-electron chi connectivity index (χ3n) is 3.19. The minimum atomic E-state index is -0.657. The Labute approximate surface area is 123 Å². The van der Waals surface area contributed by atoms with Gasteiger partial charge in [0, 0.05) is 12.2 Å². The average molecular weight is 287 g/mol. The molecule has 1 amide bonds. The van der Waals surface area contributed by atoms with Crippen molar-refractivity contribution in [3.05, 3.63) is 65.0 Å². The van der Waals surface area contributed by atoms with Gasteiger partial charge in [-0.25, -0.2) is 4.39 Å². The fourth-order valence-electron chi connectivity index (χ4n) is 2.06. The Balaban J connectivity index is 2.07. The van der Waals surface area contributed by atoms with E-state index in [1.165, 1.54) is 17.7 Å². The molecule has 0 aliphatic carbocycles. The summed E-state index contributed by atoms with van der Waals surface area (Å²) in [6.45, 7) is 1.14. The lowest BCUT2D eigenvalue weighted by atomic mass is 10.1. The van der Waals surface area contributed by atoms with Crippen molar-refractivity contribution >= 4 is 11.6 Å². The highest BCUT2D eigenvalue weighted by molar-refractivity contribution is 5.98. The molecule has 2 aromatic carbocycles. The van der Waals surface area contributed by atoms with Crippen LogP contribution in [0.25, 0.3) is 0 Å². The first kappa shape index (κ1) is 15.0. The van der Waals surface area contributed by atoms with Crippen LogP contribution in [0.5, 0.6) is 0 Å². The molecule has 2 aromatic rings. The smallest absolute Gasteiger partial charge is 0.250 e. The van der Waals surface area contributed by atoms with Crippen molar-refractivity contribution in [3.8, 4) is 0 Å². The van der Waals surface area contributed by atoms with Gasteiger partial charge < -0.3 is 16.8 Å². The molecule has 0 bridgehead atoms. The number of halogens is 1. The van der Waals surface area contributed by atoms with E-state index in [1.54, 1.807) is 0 Å². The van der Waals surface area contributed by atoms with Crippen LogP contribution in [0.3, 0.4) is 0 Å². The Hall–Kier alpha value is -2.40. The van der Waals surface area contributed by atoms with Crippen LogP contribution in [0, 0.1) is 5.82 Å². The second-order valence-electron chi connectivity index (χ2n) is 4.76. The molecule has 21 heavy (non-hydrogen) atoms. The van der Waals surface area contributed by atoms with Gasteiger partial charge in [0.2, 0.25) is 0 Å². The molecule has 0 aliphatic rings. The fourth-order valence-corrected chi connectivity index (χ4v) is 2.06. The Bertz CT molecular complexity index is 626. The molecule has 0 aromatic heterocycles. The topological polar surface area (TPSA) is 81.1 Å². The third-order valence-corrected chi connectivity index (χ3v) is 3.19. The lowest BCUT2D eigenvalue weighted by molar-refractivity contribution is 0.100. The lowest BCUT2D eigenvalue weighted by Gasteiger charge is -2.10. The van der Waals surface area contributed by atoms with E-state index in [2.05, 4.69) is 5.32 Å². The summed E-state index contributed by atoms with van der Waals surface area (Å²) in [6.07, 6.45) is 0.845. The van der Waals surface area contributed by atoms with Crippen LogP contribution < -0.4 is 16.8 Å². The number of nitrogens with two attached hydrogens (primary N) is 2. The normalized spacial score (nSPS) is 10.4. The zero-order chi connectivity index (χ0) is 15.2. The predicted molar refractivity (Wildman–Crippen MR) is 81.4 cm³/mol. The van der Waals surface area contributed by atoms with E-state index in [9.17, 15) is 9.18 Å². The van der Waals surface area contributed by atoms with Crippen LogP contribution >= 0.6 is 0 Å².